The highest BCUT2D eigenvalue weighted by molar-refractivity contribution is 6.17. The number of furan rings is 1. The lowest BCUT2D eigenvalue weighted by atomic mass is 9.94. The molecule has 0 bridgehead atoms. The van der Waals surface area contributed by atoms with E-state index in [0.717, 1.165) is 55.8 Å². The lowest BCUT2D eigenvalue weighted by Crippen LogP contribution is -2.11. The largest absolute Gasteiger partial charge is 0.455 e. The summed E-state index contributed by atoms with van der Waals surface area (Å²) in [4.78, 5) is 2.40. The van der Waals surface area contributed by atoms with Crippen LogP contribution in [0.25, 0.3) is 71.7 Å². The molecule has 3 heteroatoms. The van der Waals surface area contributed by atoms with Crippen LogP contribution >= 0.6 is 0 Å². The molecule has 0 aliphatic heterocycles. The minimum atomic E-state index is 0.874. The van der Waals surface area contributed by atoms with Crippen LogP contribution < -0.4 is 4.90 Å². The van der Waals surface area contributed by atoms with Gasteiger partial charge in [-0.15, -0.1) is 0 Å². The van der Waals surface area contributed by atoms with E-state index in [-0.39, 0.29) is 0 Å². The number of fused-ring (bicyclic) bond motifs is 6. The van der Waals surface area contributed by atoms with Gasteiger partial charge in [0.2, 0.25) is 0 Å². The molecule has 0 aliphatic rings. The minimum Gasteiger partial charge on any atom is -0.455 e. The van der Waals surface area contributed by atoms with Crippen molar-refractivity contribution in [3.05, 3.63) is 193 Å². The van der Waals surface area contributed by atoms with E-state index >= 15 is 0 Å². The van der Waals surface area contributed by atoms with E-state index in [1.165, 1.54) is 49.6 Å². The van der Waals surface area contributed by atoms with Crippen LogP contribution in [0.4, 0.5) is 17.1 Å². The first-order valence-electron chi connectivity index (χ1n) is 18.6. The molecule has 0 N–H and O–H groups in total. The summed E-state index contributed by atoms with van der Waals surface area (Å²) in [5.74, 6) is 0. The van der Waals surface area contributed by atoms with Gasteiger partial charge in [0.25, 0.3) is 0 Å². The third-order valence-electron chi connectivity index (χ3n) is 10.9. The van der Waals surface area contributed by atoms with E-state index < -0.39 is 0 Å². The summed E-state index contributed by atoms with van der Waals surface area (Å²) >= 11 is 0. The Labute approximate surface area is 315 Å². The van der Waals surface area contributed by atoms with Crippen molar-refractivity contribution >= 4 is 60.8 Å². The zero-order chi connectivity index (χ0) is 36.3. The van der Waals surface area contributed by atoms with Crippen LogP contribution in [0.15, 0.2) is 180 Å². The van der Waals surface area contributed by atoms with Crippen molar-refractivity contribution in [2.24, 2.45) is 0 Å². The fraction of sp³-hybridized carbons (Fsp3) is 0.0588. The Morgan fingerprint density at radius 2 is 1.07 bits per heavy atom. The normalized spacial score (nSPS) is 11.6. The summed E-state index contributed by atoms with van der Waals surface area (Å²) in [6.45, 7) is 6.59. The second-order valence-electron chi connectivity index (χ2n) is 14.3. The maximum atomic E-state index is 6.83. The molecule has 0 saturated heterocycles. The van der Waals surface area contributed by atoms with Crippen LogP contribution in [0.5, 0.6) is 0 Å². The van der Waals surface area contributed by atoms with Gasteiger partial charge in [-0.05, 0) is 115 Å². The predicted octanol–water partition coefficient (Wildman–Crippen LogP) is 14.4. The SMILES string of the molecule is Cc1ccc(N(c2cc(C)c(-c3ccccc3)c(C)c2)c2ccc(-c3ccc(-n4c5ccccc5c5ccccc54)cc3)c3oc4ccccc4c23)cc1. The highest BCUT2D eigenvalue weighted by atomic mass is 16.3. The molecule has 10 aromatic rings. The van der Waals surface area contributed by atoms with Gasteiger partial charge in [-0.1, -0.05) is 115 Å². The highest BCUT2D eigenvalue weighted by Crippen LogP contribution is 2.47. The van der Waals surface area contributed by atoms with Crippen LogP contribution in [-0.4, -0.2) is 4.57 Å². The molecule has 54 heavy (non-hydrogen) atoms. The zero-order valence-electron chi connectivity index (χ0n) is 30.5. The fourth-order valence-electron chi connectivity index (χ4n) is 8.47. The van der Waals surface area contributed by atoms with Crippen LogP contribution in [0, 0.1) is 20.8 Å². The molecular weight excluding hydrogens is 657 g/mol. The lowest BCUT2D eigenvalue weighted by molar-refractivity contribution is 0.670. The first-order chi connectivity index (χ1) is 26.5. The van der Waals surface area contributed by atoms with Gasteiger partial charge < -0.3 is 13.9 Å². The van der Waals surface area contributed by atoms with E-state index in [1.54, 1.807) is 0 Å². The minimum absolute atomic E-state index is 0.874. The number of rotatable bonds is 6. The molecule has 0 atom stereocenters. The van der Waals surface area contributed by atoms with Crippen molar-refractivity contribution in [3.63, 3.8) is 0 Å². The van der Waals surface area contributed by atoms with Gasteiger partial charge >= 0.3 is 0 Å². The topological polar surface area (TPSA) is 21.3 Å². The lowest BCUT2D eigenvalue weighted by Gasteiger charge is -2.28. The average molecular weight is 695 g/mol. The first kappa shape index (κ1) is 31.9. The molecule has 3 nitrogen and oxygen atoms in total. The predicted molar refractivity (Wildman–Crippen MR) is 228 cm³/mol. The molecular formula is C51H38N2O. The van der Waals surface area contributed by atoms with Gasteiger partial charge in [-0.3, -0.25) is 0 Å². The molecule has 0 saturated carbocycles. The quantitative estimate of drug-likeness (QED) is 0.173. The number of para-hydroxylation sites is 3. The number of aromatic nitrogens is 1. The molecule has 0 aliphatic carbocycles. The number of hydrogen-bond acceptors (Lipinski definition) is 2. The Morgan fingerprint density at radius 1 is 0.481 bits per heavy atom. The van der Waals surface area contributed by atoms with Gasteiger partial charge in [0, 0.05) is 38.8 Å². The van der Waals surface area contributed by atoms with Crippen molar-refractivity contribution in [3.8, 4) is 27.9 Å². The Kier molecular flexibility index (Phi) is 7.48. The van der Waals surface area contributed by atoms with E-state index in [9.17, 15) is 0 Å². The summed E-state index contributed by atoms with van der Waals surface area (Å²) in [6.07, 6.45) is 0. The molecule has 0 amide bonds. The summed E-state index contributed by atoms with van der Waals surface area (Å²) in [6, 6.07) is 63.3. The maximum Gasteiger partial charge on any atom is 0.145 e. The summed E-state index contributed by atoms with van der Waals surface area (Å²) in [5, 5.41) is 4.71. The molecule has 0 unspecified atom stereocenters. The molecule has 0 spiro atoms. The van der Waals surface area contributed by atoms with Crippen molar-refractivity contribution in [1.29, 1.82) is 0 Å². The van der Waals surface area contributed by atoms with Crippen LogP contribution in [0.3, 0.4) is 0 Å². The van der Waals surface area contributed by atoms with Crippen molar-refractivity contribution in [2.45, 2.75) is 20.8 Å². The van der Waals surface area contributed by atoms with Gasteiger partial charge in [-0.25, -0.2) is 0 Å². The average Bonchev–Trinajstić information content (AvgIpc) is 3.76. The highest BCUT2D eigenvalue weighted by Gasteiger charge is 2.23. The fourth-order valence-corrected chi connectivity index (χ4v) is 8.47. The van der Waals surface area contributed by atoms with Crippen molar-refractivity contribution in [1.82, 2.24) is 4.57 Å². The molecule has 8 aromatic carbocycles. The molecule has 2 heterocycles. The Balaban J connectivity index is 1.16. The number of anilines is 3. The van der Waals surface area contributed by atoms with E-state index in [0.29, 0.717) is 0 Å². The molecule has 0 radical (unpaired) electrons. The molecule has 258 valence electrons. The van der Waals surface area contributed by atoms with Crippen molar-refractivity contribution < 1.29 is 4.42 Å². The van der Waals surface area contributed by atoms with Crippen LogP contribution in [-0.2, 0) is 0 Å². The van der Waals surface area contributed by atoms with Crippen molar-refractivity contribution in [2.75, 3.05) is 4.90 Å². The molecule has 2 aromatic heterocycles. The standard InChI is InChI=1S/C51H38N2O/c1-33-21-25-38(26-22-33)52(40-31-34(2)49(35(3)32-40)37-13-5-4-6-14-37)47-30-29-41(51-50(47)44-17-9-12-20-48(44)54-51)36-23-27-39(28-24-36)53-45-18-10-7-15-42(45)43-16-8-11-19-46(43)53/h4-32H,1-3H3. The maximum absolute atomic E-state index is 6.83. The smallest absolute Gasteiger partial charge is 0.145 e. The second-order valence-corrected chi connectivity index (χ2v) is 14.3. The van der Waals surface area contributed by atoms with E-state index in [4.69, 9.17) is 4.42 Å². The summed E-state index contributed by atoms with van der Waals surface area (Å²) in [7, 11) is 0. The third kappa shape index (κ3) is 5.12. The summed E-state index contributed by atoms with van der Waals surface area (Å²) < 4.78 is 9.19. The number of benzene rings is 8. The number of hydrogen-bond donors (Lipinski definition) is 0. The van der Waals surface area contributed by atoms with Gasteiger partial charge in [0.05, 0.1) is 22.1 Å². The van der Waals surface area contributed by atoms with E-state index in [1.807, 2.05) is 0 Å². The van der Waals surface area contributed by atoms with Gasteiger partial charge in [0.15, 0.2) is 0 Å². The molecule has 10 rings (SSSR count). The van der Waals surface area contributed by atoms with Crippen LogP contribution in [0.1, 0.15) is 16.7 Å². The number of aryl methyl sites for hydroxylation is 3. The Morgan fingerprint density at radius 3 is 1.74 bits per heavy atom. The monoisotopic (exact) mass is 694 g/mol. The van der Waals surface area contributed by atoms with Gasteiger partial charge in [-0.2, -0.15) is 0 Å². The Bertz CT molecular complexity index is 2930. The second kappa shape index (κ2) is 12.7. The third-order valence-corrected chi connectivity index (χ3v) is 10.9. The van der Waals surface area contributed by atoms with Crippen LogP contribution in [0.2, 0.25) is 0 Å². The zero-order valence-corrected chi connectivity index (χ0v) is 30.5. The number of nitrogens with zero attached hydrogens (tertiary/aromatic N) is 2. The first-order valence-corrected chi connectivity index (χ1v) is 18.6. The van der Waals surface area contributed by atoms with E-state index in [2.05, 4.69) is 206 Å². The Hall–Kier alpha value is -6.84. The molecule has 0 fully saturated rings. The summed E-state index contributed by atoms with van der Waals surface area (Å²) in [5.41, 5.74) is 17.0. The van der Waals surface area contributed by atoms with Gasteiger partial charge in [0.1, 0.15) is 11.2 Å².